The van der Waals surface area contributed by atoms with Crippen LogP contribution in [0.15, 0.2) is 0 Å². The highest BCUT2D eigenvalue weighted by atomic mass is 32.1. The number of hydrogen-bond acceptors (Lipinski definition) is 6. The maximum absolute atomic E-state index is 11.4. The van der Waals surface area contributed by atoms with Crippen molar-refractivity contribution in [1.82, 2.24) is 9.27 Å². The third-order valence-electron chi connectivity index (χ3n) is 3.61. The summed E-state index contributed by atoms with van der Waals surface area (Å²) in [6, 6.07) is 0.800. The van der Waals surface area contributed by atoms with E-state index in [9.17, 15) is 4.79 Å². The standard InChI is InChI=1S/C11H17N5OS/c12-9-8(10(13)17)11(18-14-9)16-5-3-15(4-6-16)7-1-2-7/h7H,1-6H2,(H2,12,14)(H2,13,17). The number of piperazine rings is 1. The summed E-state index contributed by atoms with van der Waals surface area (Å²) in [5.74, 6) is -0.229. The number of hydrogen-bond donors (Lipinski definition) is 2. The summed E-state index contributed by atoms with van der Waals surface area (Å²) in [6.07, 6.45) is 2.67. The van der Waals surface area contributed by atoms with Crippen LogP contribution in [0, 0.1) is 0 Å². The lowest BCUT2D eigenvalue weighted by Crippen LogP contribution is -2.47. The van der Waals surface area contributed by atoms with Crippen LogP contribution in [0.5, 0.6) is 0 Å². The fourth-order valence-corrected chi connectivity index (χ4v) is 3.34. The highest BCUT2D eigenvalue weighted by Gasteiger charge is 2.32. The molecule has 1 aliphatic heterocycles. The summed E-state index contributed by atoms with van der Waals surface area (Å²) >= 11 is 1.27. The molecular formula is C11H17N5OS. The maximum Gasteiger partial charge on any atom is 0.255 e. The van der Waals surface area contributed by atoms with Gasteiger partial charge in [0.05, 0.1) is 0 Å². The van der Waals surface area contributed by atoms with E-state index in [-0.39, 0.29) is 5.82 Å². The topological polar surface area (TPSA) is 88.5 Å². The first-order chi connectivity index (χ1) is 8.66. The summed E-state index contributed by atoms with van der Waals surface area (Å²) < 4.78 is 4.04. The van der Waals surface area contributed by atoms with Crippen LogP contribution in [0.4, 0.5) is 10.8 Å². The highest BCUT2D eigenvalue weighted by molar-refractivity contribution is 7.11. The molecule has 6 nitrogen and oxygen atoms in total. The molecule has 2 aliphatic rings. The zero-order valence-electron chi connectivity index (χ0n) is 10.1. The van der Waals surface area contributed by atoms with Crippen molar-refractivity contribution >= 4 is 28.3 Å². The van der Waals surface area contributed by atoms with Gasteiger partial charge >= 0.3 is 0 Å². The lowest BCUT2D eigenvalue weighted by atomic mass is 10.2. The van der Waals surface area contributed by atoms with Gasteiger partial charge in [-0.1, -0.05) is 0 Å². The average molecular weight is 267 g/mol. The first kappa shape index (κ1) is 11.7. The molecule has 0 unspecified atom stereocenters. The van der Waals surface area contributed by atoms with Crippen LogP contribution < -0.4 is 16.4 Å². The summed E-state index contributed by atoms with van der Waals surface area (Å²) in [6.45, 7) is 3.91. The number of nitrogens with zero attached hydrogens (tertiary/aromatic N) is 3. The van der Waals surface area contributed by atoms with Crippen LogP contribution in [0.3, 0.4) is 0 Å². The van der Waals surface area contributed by atoms with E-state index in [0.29, 0.717) is 5.56 Å². The Hall–Kier alpha value is -1.34. The van der Waals surface area contributed by atoms with Crippen molar-refractivity contribution in [3.63, 3.8) is 0 Å². The van der Waals surface area contributed by atoms with Crippen molar-refractivity contribution in [2.75, 3.05) is 36.8 Å². The second-order valence-corrected chi connectivity index (χ2v) is 5.62. The molecule has 1 amide bonds. The molecule has 18 heavy (non-hydrogen) atoms. The molecule has 0 spiro atoms. The minimum Gasteiger partial charge on any atom is -0.382 e. The molecule has 2 fully saturated rings. The molecule has 0 aromatic carbocycles. The van der Waals surface area contributed by atoms with Gasteiger partial charge in [-0.15, -0.1) is 0 Å². The minimum absolute atomic E-state index is 0.257. The van der Waals surface area contributed by atoms with E-state index in [1.807, 2.05) is 0 Å². The Labute approximate surface area is 110 Å². The summed E-state index contributed by atoms with van der Waals surface area (Å²) in [5, 5.41) is 0.829. The predicted molar refractivity (Wildman–Crippen MR) is 71.9 cm³/mol. The molecule has 0 radical (unpaired) electrons. The van der Waals surface area contributed by atoms with E-state index >= 15 is 0 Å². The highest BCUT2D eigenvalue weighted by Crippen LogP contribution is 2.33. The number of carbonyl (C=O) groups excluding carboxylic acids is 1. The lowest BCUT2D eigenvalue weighted by Gasteiger charge is -2.35. The zero-order valence-corrected chi connectivity index (χ0v) is 10.9. The number of anilines is 2. The monoisotopic (exact) mass is 267 g/mol. The fraction of sp³-hybridized carbons (Fsp3) is 0.636. The Morgan fingerprint density at radius 1 is 1.28 bits per heavy atom. The molecule has 7 heteroatoms. The van der Waals surface area contributed by atoms with Crippen LogP contribution >= 0.6 is 11.5 Å². The van der Waals surface area contributed by atoms with Crippen molar-refractivity contribution in [2.45, 2.75) is 18.9 Å². The molecule has 1 aliphatic carbocycles. The molecule has 3 rings (SSSR count). The largest absolute Gasteiger partial charge is 0.382 e. The van der Waals surface area contributed by atoms with Gasteiger partial charge in [0.25, 0.3) is 5.91 Å². The van der Waals surface area contributed by atoms with E-state index < -0.39 is 5.91 Å². The summed E-state index contributed by atoms with van der Waals surface area (Å²) in [4.78, 5) is 16.1. The third kappa shape index (κ3) is 2.04. The van der Waals surface area contributed by atoms with E-state index in [1.54, 1.807) is 0 Å². The lowest BCUT2D eigenvalue weighted by molar-refractivity contribution is 0.100. The van der Waals surface area contributed by atoms with Gasteiger partial charge in [-0.25, -0.2) is 0 Å². The normalized spacial score (nSPS) is 21.2. The molecule has 1 saturated heterocycles. The smallest absolute Gasteiger partial charge is 0.255 e. The Kier molecular flexibility index (Phi) is 2.87. The van der Waals surface area contributed by atoms with Gasteiger partial charge in [0.1, 0.15) is 10.6 Å². The van der Waals surface area contributed by atoms with Gasteiger partial charge in [-0.3, -0.25) is 9.69 Å². The van der Waals surface area contributed by atoms with Gasteiger partial charge in [0, 0.05) is 32.2 Å². The Morgan fingerprint density at radius 3 is 2.50 bits per heavy atom. The summed E-state index contributed by atoms with van der Waals surface area (Å²) in [7, 11) is 0. The van der Waals surface area contributed by atoms with Crippen LogP contribution in [-0.4, -0.2) is 47.4 Å². The van der Waals surface area contributed by atoms with Crippen molar-refractivity contribution in [2.24, 2.45) is 5.73 Å². The number of nitrogens with two attached hydrogens (primary N) is 2. The van der Waals surface area contributed by atoms with Gasteiger partial charge in [-0.05, 0) is 24.4 Å². The number of primary amides is 1. The van der Waals surface area contributed by atoms with Crippen LogP contribution in [0.1, 0.15) is 23.2 Å². The molecule has 0 atom stereocenters. The Balaban J connectivity index is 1.73. The Morgan fingerprint density at radius 2 is 1.94 bits per heavy atom. The van der Waals surface area contributed by atoms with E-state index in [2.05, 4.69) is 14.2 Å². The van der Waals surface area contributed by atoms with Crippen molar-refractivity contribution in [1.29, 1.82) is 0 Å². The van der Waals surface area contributed by atoms with Crippen LogP contribution in [0.25, 0.3) is 0 Å². The number of carbonyl (C=O) groups is 1. The minimum atomic E-state index is -0.485. The molecule has 1 aromatic rings. The Bertz CT molecular complexity index is 462. The number of rotatable bonds is 3. The molecule has 98 valence electrons. The second kappa shape index (κ2) is 4.40. The molecule has 1 aromatic heterocycles. The van der Waals surface area contributed by atoms with Gasteiger partial charge < -0.3 is 16.4 Å². The maximum atomic E-state index is 11.4. The van der Waals surface area contributed by atoms with E-state index in [0.717, 1.165) is 37.2 Å². The van der Waals surface area contributed by atoms with Crippen LogP contribution in [-0.2, 0) is 0 Å². The number of amides is 1. The molecule has 2 heterocycles. The molecule has 0 bridgehead atoms. The molecule has 4 N–H and O–H groups in total. The van der Waals surface area contributed by atoms with E-state index in [1.165, 1.54) is 24.4 Å². The fourth-order valence-electron chi connectivity index (χ4n) is 2.47. The second-order valence-electron chi connectivity index (χ2n) is 4.87. The third-order valence-corrected chi connectivity index (χ3v) is 4.53. The number of aromatic nitrogens is 1. The van der Waals surface area contributed by atoms with E-state index in [4.69, 9.17) is 11.5 Å². The zero-order chi connectivity index (χ0) is 12.7. The van der Waals surface area contributed by atoms with Crippen molar-refractivity contribution < 1.29 is 4.79 Å². The number of nitrogen functional groups attached to an aromatic ring is 1. The van der Waals surface area contributed by atoms with Gasteiger partial charge in [-0.2, -0.15) is 4.37 Å². The predicted octanol–water partition coefficient (Wildman–Crippen LogP) is 0.109. The summed E-state index contributed by atoms with van der Waals surface area (Å²) in [5.41, 5.74) is 11.4. The first-order valence-electron chi connectivity index (χ1n) is 6.20. The molecular weight excluding hydrogens is 250 g/mol. The first-order valence-corrected chi connectivity index (χ1v) is 6.98. The molecule has 1 saturated carbocycles. The van der Waals surface area contributed by atoms with Crippen molar-refractivity contribution in [3.05, 3.63) is 5.56 Å². The van der Waals surface area contributed by atoms with Gasteiger partial charge in [0.15, 0.2) is 5.82 Å². The van der Waals surface area contributed by atoms with Crippen molar-refractivity contribution in [3.8, 4) is 0 Å². The average Bonchev–Trinajstić information content (AvgIpc) is 3.12. The SMILES string of the molecule is NC(=O)c1c(N)nsc1N1CCN(C2CC2)CC1. The van der Waals surface area contributed by atoms with Gasteiger partial charge in [0.2, 0.25) is 0 Å². The van der Waals surface area contributed by atoms with Crippen LogP contribution in [0.2, 0.25) is 0 Å². The quantitative estimate of drug-likeness (QED) is 0.811.